The summed E-state index contributed by atoms with van der Waals surface area (Å²) in [5, 5.41) is 8.69. The molecule has 0 radical (unpaired) electrons. The maximum atomic E-state index is 5.31. The summed E-state index contributed by atoms with van der Waals surface area (Å²) in [6.45, 7) is 0. The second kappa shape index (κ2) is 10.3. The zero-order valence-corrected chi connectivity index (χ0v) is 28.1. The average molecular weight is 660 g/mol. The lowest BCUT2D eigenvalue weighted by Gasteiger charge is -2.11. The molecule has 12 rings (SSSR count). The van der Waals surface area contributed by atoms with Crippen LogP contribution in [0.3, 0.4) is 0 Å². The molecule has 0 unspecified atom stereocenters. The fourth-order valence-corrected chi connectivity index (χ4v) is 8.92. The molecule has 3 heterocycles. The molecule has 52 heavy (non-hydrogen) atoms. The van der Waals surface area contributed by atoms with E-state index in [0.29, 0.717) is 0 Å². The van der Waals surface area contributed by atoms with Crippen molar-refractivity contribution in [3.8, 4) is 44.9 Å². The first-order chi connectivity index (χ1) is 25.8. The molecule has 0 atom stereocenters. The van der Waals surface area contributed by atoms with Crippen molar-refractivity contribution >= 4 is 65.3 Å². The third kappa shape index (κ3) is 3.77. The van der Waals surface area contributed by atoms with Gasteiger partial charge in [0.2, 0.25) is 0 Å². The standard InChI is InChI=1S/C49H29N3/c1-2-11-31-26-34(23-20-30(31)10-1)51-44-18-7-5-14-37(44)40-27-32(21-24-46(40)51)33-22-25-47-41(28-33)38-15-6-8-19-45(38)52(47)48-29-42-36-13-4-3-12-35(36)39-16-9-17-43(50-48)49(39)42/h1-29H. The van der Waals surface area contributed by atoms with Gasteiger partial charge in [0.25, 0.3) is 0 Å². The Labute approximate surface area is 299 Å². The Hall–Kier alpha value is -6.97. The first-order valence-electron chi connectivity index (χ1n) is 17.9. The highest BCUT2D eigenvalue weighted by molar-refractivity contribution is 6.16. The van der Waals surface area contributed by atoms with Gasteiger partial charge in [0.15, 0.2) is 0 Å². The monoisotopic (exact) mass is 659 g/mol. The Morgan fingerprint density at radius 2 is 0.923 bits per heavy atom. The van der Waals surface area contributed by atoms with Crippen molar-refractivity contribution in [3.63, 3.8) is 0 Å². The lowest BCUT2D eigenvalue weighted by atomic mass is 10.0. The van der Waals surface area contributed by atoms with E-state index in [1.165, 1.54) is 87.8 Å². The van der Waals surface area contributed by atoms with Crippen LogP contribution in [0.1, 0.15) is 0 Å². The fourth-order valence-electron chi connectivity index (χ4n) is 8.92. The van der Waals surface area contributed by atoms with E-state index >= 15 is 0 Å². The number of hydrogen-bond acceptors (Lipinski definition) is 1. The molecule has 1 aliphatic carbocycles. The molecular weight excluding hydrogens is 631 g/mol. The van der Waals surface area contributed by atoms with Gasteiger partial charge >= 0.3 is 0 Å². The molecule has 3 aromatic heterocycles. The van der Waals surface area contributed by atoms with E-state index in [4.69, 9.17) is 4.98 Å². The number of para-hydroxylation sites is 2. The summed E-state index contributed by atoms with van der Waals surface area (Å²) in [6.07, 6.45) is 0. The third-order valence-electron chi connectivity index (χ3n) is 11.2. The highest BCUT2D eigenvalue weighted by Crippen LogP contribution is 2.48. The van der Waals surface area contributed by atoms with Crippen LogP contribution in [0.15, 0.2) is 176 Å². The minimum Gasteiger partial charge on any atom is -0.309 e. The van der Waals surface area contributed by atoms with Gasteiger partial charge in [-0.25, -0.2) is 4.98 Å². The molecule has 1 aliphatic rings. The van der Waals surface area contributed by atoms with E-state index in [1.807, 2.05) is 0 Å². The lowest BCUT2D eigenvalue weighted by molar-refractivity contribution is 1.10. The first-order valence-corrected chi connectivity index (χ1v) is 17.9. The van der Waals surface area contributed by atoms with Crippen LogP contribution in [0.5, 0.6) is 0 Å². The summed E-state index contributed by atoms with van der Waals surface area (Å²) in [6, 6.07) is 64.2. The van der Waals surface area contributed by atoms with Crippen molar-refractivity contribution in [2.75, 3.05) is 0 Å². The number of aromatic nitrogens is 3. The first kappa shape index (κ1) is 27.8. The van der Waals surface area contributed by atoms with Crippen molar-refractivity contribution in [2.45, 2.75) is 0 Å². The van der Waals surface area contributed by atoms with Crippen molar-refractivity contribution in [2.24, 2.45) is 0 Å². The van der Waals surface area contributed by atoms with Crippen LogP contribution in [-0.2, 0) is 0 Å². The highest BCUT2D eigenvalue weighted by Gasteiger charge is 2.24. The number of rotatable bonds is 3. The van der Waals surface area contributed by atoms with Gasteiger partial charge in [-0.1, -0.05) is 115 Å². The second-order valence-electron chi connectivity index (χ2n) is 14.0. The Morgan fingerprint density at radius 1 is 0.346 bits per heavy atom. The summed E-state index contributed by atoms with van der Waals surface area (Å²) < 4.78 is 4.75. The SMILES string of the molecule is c1ccc2c(c1)-c1cccc3nc(-n4c5ccccc5c5cc(-c6ccc7c(c6)c6ccccc6n7-c6ccc7ccccc7c6)ccc54)cc-2c13. The lowest BCUT2D eigenvalue weighted by Crippen LogP contribution is -1.98. The predicted octanol–water partition coefficient (Wildman–Crippen LogP) is 12.9. The molecule has 0 saturated heterocycles. The Morgan fingerprint density at radius 3 is 1.67 bits per heavy atom. The minimum atomic E-state index is 0.943. The number of pyridine rings is 1. The van der Waals surface area contributed by atoms with Gasteiger partial charge in [0.05, 0.1) is 27.6 Å². The molecule has 0 spiro atoms. The smallest absolute Gasteiger partial charge is 0.138 e. The molecule has 8 aromatic carbocycles. The third-order valence-corrected chi connectivity index (χ3v) is 11.2. The summed E-state index contributed by atoms with van der Waals surface area (Å²) in [5.41, 5.74) is 14.4. The molecule has 0 bridgehead atoms. The molecule has 0 amide bonds. The maximum absolute atomic E-state index is 5.31. The number of fused-ring (bicyclic) bond motifs is 10. The van der Waals surface area contributed by atoms with E-state index in [0.717, 1.165) is 22.4 Å². The van der Waals surface area contributed by atoms with Crippen molar-refractivity contribution in [1.29, 1.82) is 0 Å². The molecule has 3 nitrogen and oxygen atoms in total. The van der Waals surface area contributed by atoms with Crippen LogP contribution in [0, 0.1) is 0 Å². The van der Waals surface area contributed by atoms with E-state index in [-0.39, 0.29) is 0 Å². The maximum Gasteiger partial charge on any atom is 0.138 e. The van der Waals surface area contributed by atoms with Gasteiger partial charge in [-0.2, -0.15) is 0 Å². The van der Waals surface area contributed by atoms with Crippen molar-refractivity contribution in [1.82, 2.24) is 14.1 Å². The average Bonchev–Trinajstić information content (AvgIpc) is 3.84. The van der Waals surface area contributed by atoms with Crippen molar-refractivity contribution < 1.29 is 0 Å². The van der Waals surface area contributed by atoms with Crippen LogP contribution in [-0.4, -0.2) is 14.1 Å². The molecular formula is C49H29N3. The number of hydrogen-bond donors (Lipinski definition) is 0. The summed E-state index contributed by atoms with van der Waals surface area (Å²) in [4.78, 5) is 5.31. The van der Waals surface area contributed by atoms with Gasteiger partial charge in [-0.15, -0.1) is 0 Å². The van der Waals surface area contributed by atoms with Crippen LogP contribution in [0.2, 0.25) is 0 Å². The largest absolute Gasteiger partial charge is 0.309 e. The molecule has 0 saturated carbocycles. The van der Waals surface area contributed by atoms with E-state index in [1.54, 1.807) is 0 Å². The molecule has 3 heteroatoms. The highest BCUT2D eigenvalue weighted by atomic mass is 15.1. The Balaban J connectivity index is 1.05. The quantitative estimate of drug-likeness (QED) is 0.185. The van der Waals surface area contributed by atoms with E-state index < -0.39 is 0 Å². The number of benzene rings is 8. The Kier molecular flexibility index (Phi) is 5.50. The topological polar surface area (TPSA) is 22.8 Å². The predicted molar refractivity (Wildman–Crippen MR) is 218 cm³/mol. The molecule has 0 aliphatic heterocycles. The van der Waals surface area contributed by atoms with Crippen LogP contribution >= 0.6 is 0 Å². The van der Waals surface area contributed by atoms with Gasteiger partial charge < -0.3 is 4.57 Å². The van der Waals surface area contributed by atoms with Crippen LogP contribution in [0.4, 0.5) is 0 Å². The van der Waals surface area contributed by atoms with Crippen molar-refractivity contribution in [3.05, 3.63) is 176 Å². The molecule has 240 valence electrons. The summed E-state index contributed by atoms with van der Waals surface area (Å²) in [7, 11) is 0. The fraction of sp³-hybridized carbons (Fsp3) is 0. The van der Waals surface area contributed by atoms with Crippen LogP contribution in [0.25, 0.3) is 110 Å². The summed E-state index contributed by atoms with van der Waals surface area (Å²) >= 11 is 0. The van der Waals surface area contributed by atoms with Crippen LogP contribution < -0.4 is 0 Å². The zero-order valence-electron chi connectivity index (χ0n) is 28.1. The zero-order chi connectivity index (χ0) is 33.9. The minimum absolute atomic E-state index is 0.943. The second-order valence-corrected chi connectivity index (χ2v) is 14.0. The van der Waals surface area contributed by atoms with Gasteiger partial charge in [0, 0.05) is 32.6 Å². The van der Waals surface area contributed by atoms with E-state index in [2.05, 4.69) is 185 Å². The van der Waals surface area contributed by atoms with Gasteiger partial charge in [0.1, 0.15) is 5.82 Å². The normalized spacial score (nSPS) is 12.2. The van der Waals surface area contributed by atoms with Gasteiger partial charge in [-0.05, 0) is 105 Å². The van der Waals surface area contributed by atoms with E-state index in [9.17, 15) is 0 Å². The molecule has 0 N–H and O–H groups in total. The number of nitrogens with zero attached hydrogens (tertiary/aromatic N) is 3. The van der Waals surface area contributed by atoms with Gasteiger partial charge in [-0.3, -0.25) is 4.57 Å². The molecule has 0 fully saturated rings. The Bertz CT molecular complexity index is 3300. The molecule has 11 aromatic rings. The summed E-state index contributed by atoms with van der Waals surface area (Å²) in [5.74, 6) is 0.943.